The van der Waals surface area contributed by atoms with E-state index in [-0.39, 0.29) is 11.7 Å². The number of carbonyl (C=O) groups excluding carboxylic acids is 1. The highest BCUT2D eigenvalue weighted by molar-refractivity contribution is 5.73. The molecular formula is C17H18F3N5O2. The van der Waals surface area contributed by atoms with Gasteiger partial charge in [-0.25, -0.2) is 9.97 Å². The van der Waals surface area contributed by atoms with Gasteiger partial charge in [0.2, 0.25) is 5.91 Å². The molecule has 0 radical (unpaired) electrons. The Morgan fingerprint density at radius 1 is 1.11 bits per heavy atom. The van der Waals surface area contributed by atoms with Crippen molar-refractivity contribution in [1.29, 1.82) is 0 Å². The minimum atomic E-state index is -4.72. The molecule has 0 spiro atoms. The molecule has 1 fully saturated rings. The van der Waals surface area contributed by atoms with Crippen molar-refractivity contribution in [1.82, 2.24) is 14.9 Å². The maximum atomic E-state index is 12.2. The Hall–Kier alpha value is -3.04. The van der Waals surface area contributed by atoms with E-state index in [0.29, 0.717) is 43.5 Å². The van der Waals surface area contributed by atoms with E-state index >= 15 is 0 Å². The lowest BCUT2D eigenvalue weighted by Gasteiger charge is -2.34. The molecule has 2 heterocycles. The molecule has 1 aromatic heterocycles. The minimum absolute atomic E-state index is 0.0534. The van der Waals surface area contributed by atoms with Crippen LogP contribution >= 0.6 is 0 Å². The molecule has 3 rings (SSSR count). The normalized spacial score (nSPS) is 14.8. The molecule has 1 N–H and O–H groups in total. The van der Waals surface area contributed by atoms with Gasteiger partial charge in [0.25, 0.3) is 0 Å². The highest BCUT2D eigenvalue weighted by atomic mass is 19.4. The molecule has 1 amide bonds. The first kappa shape index (κ1) is 18.7. The van der Waals surface area contributed by atoms with Gasteiger partial charge in [0.05, 0.1) is 0 Å². The van der Waals surface area contributed by atoms with Crippen molar-refractivity contribution >= 4 is 23.2 Å². The number of ether oxygens (including phenoxy) is 1. The number of nitrogens with one attached hydrogen (secondary N) is 1. The maximum Gasteiger partial charge on any atom is 0.573 e. The number of hydrogen-bond donors (Lipinski definition) is 1. The number of alkyl halides is 3. The number of rotatable bonds is 4. The monoisotopic (exact) mass is 381 g/mol. The highest BCUT2D eigenvalue weighted by Crippen LogP contribution is 2.25. The third kappa shape index (κ3) is 5.22. The Labute approximate surface area is 153 Å². The van der Waals surface area contributed by atoms with Crippen LogP contribution in [0.1, 0.15) is 6.92 Å². The van der Waals surface area contributed by atoms with Crippen LogP contribution in [0, 0.1) is 0 Å². The zero-order chi connectivity index (χ0) is 19.4. The second kappa shape index (κ2) is 7.68. The van der Waals surface area contributed by atoms with Gasteiger partial charge in [-0.15, -0.1) is 13.2 Å². The van der Waals surface area contributed by atoms with Crippen LogP contribution in [-0.4, -0.2) is 53.3 Å². The molecule has 10 heteroatoms. The summed E-state index contributed by atoms with van der Waals surface area (Å²) < 4.78 is 40.4. The van der Waals surface area contributed by atoms with Crippen molar-refractivity contribution in [2.45, 2.75) is 13.3 Å². The highest BCUT2D eigenvalue weighted by Gasteiger charge is 2.31. The van der Waals surface area contributed by atoms with Crippen LogP contribution in [0.25, 0.3) is 0 Å². The predicted octanol–water partition coefficient (Wildman–Crippen LogP) is 2.79. The molecule has 1 aromatic carbocycles. The molecule has 144 valence electrons. The Balaban J connectivity index is 1.63. The number of nitrogens with zero attached hydrogens (tertiary/aromatic N) is 4. The molecule has 1 saturated heterocycles. The van der Waals surface area contributed by atoms with Gasteiger partial charge in [0.1, 0.15) is 23.7 Å². The fourth-order valence-electron chi connectivity index (χ4n) is 2.73. The molecule has 2 aromatic rings. The van der Waals surface area contributed by atoms with Gasteiger partial charge < -0.3 is 19.9 Å². The standard InChI is InChI=1S/C17H18F3N5O2/c1-12(26)24-6-8-25(9-7-24)16-10-15(21-11-22-16)23-13-2-4-14(5-3-13)27-17(18,19)20/h2-5,10-11H,6-9H2,1H3,(H,21,22,23). The van der Waals surface area contributed by atoms with Gasteiger partial charge in [-0.3, -0.25) is 4.79 Å². The van der Waals surface area contributed by atoms with Gasteiger partial charge in [0, 0.05) is 44.9 Å². The summed E-state index contributed by atoms with van der Waals surface area (Å²) >= 11 is 0. The first-order chi connectivity index (χ1) is 12.8. The number of anilines is 3. The molecule has 0 aliphatic carbocycles. The van der Waals surface area contributed by atoms with Gasteiger partial charge in [-0.2, -0.15) is 0 Å². The summed E-state index contributed by atoms with van der Waals surface area (Å²) in [6, 6.07) is 7.13. The van der Waals surface area contributed by atoms with Crippen LogP contribution in [0.3, 0.4) is 0 Å². The zero-order valence-electron chi connectivity index (χ0n) is 14.5. The fourth-order valence-corrected chi connectivity index (χ4v) is 2.73. The van der Waals surface area contributed by atoms with E-state index in [9.17, 15) is 18.0 Å². The molecule has 0 unspecified atom stereocenters. The summed E-state index contributed by atoms with van der Waals surface area (Å²) in [4.78, 5) is 23.6. The van der Waals surface area contributed by atoms with Crippen molar-refractivity contribution in [2.24, 2.45) is 0 Å². The lowest BCUT2D eigenvalue weighted by atomic mass is 10.3. The van der Waals surface area contributed by atoms with Gasteiger partial charge in [0.15, 0.2) is 0 Å². The average Bonchev–Trinajstić information content (AvgIpc) is 2.62. The zero-order valence-corrected chi connectivity index (χ0v) is 14.5. The molecule has 1 aliphatic heterocycles. The Bertz CT molecular complexity index is 790. The van der Waals surface area contributed by atoms with Crippen molar-refractivity contribution < 1.29 is 22.7 Å². The second-order valence-corrected chi connectivity index (χ2v) is 5.95. The van der Waals surface area contributed by atoms with Crippen LogP contribution in [0.2, 0.25) is 0 Å². The molecule has 0 saturated carbocycles. The SMILES string of the molecule is CC(=O)N1CCN(c2cc(Nc3ccc(OC(F)(F)F)cc3)ncn2)CC1. The summed E-state index contributed by atoms with van der Waals surface area (Å²) in [6.07, 6.45) is -3.31. The van der Waals surface area contributed by atoms with E-state index in [0.717, 1.165) is 0 Å². The minimum Gasteiger partial charge on any atom is -0.406 e. The first-order valence-corrected chi connectivity index (χ1v) is 8.25. The third-order valence-electron chi connectivity index (χ3n) is 4.06. The Morgan fingerprint density at radius 3 is 2.37 bits per heavy atom. The molecular weight excluding hydrogens is 363 g/mol. The van der Waals surface area contributed by atoms with Gasteiger partial charge >= 0.3 is 6.36 Å². The fraction of sp³-hybridized carbons (Fsp3) is 0.353. The number of amides is 1. The van der Waals surface area contributed by atoms with Crippen LogP contribution in [-0.2, 0) is 4.79 Å². The predicted molar refractivity (Wildman–Crippen MR) is 92.9 cm³/mol. The number of carbonyl (C=O) groups is 1. The topological polar surface area (TPSA) is 70.6 Å². The molecule has 7 nitrogen and oxygen atoms in total. The quantitative estimate of drug-likeness (QED) is 0.878. The van der Waals surface area contributed by atoms with E-state index in [4.69, 9.17) is 0 Å². The molecule has 1 aliphatic rings. The Kier molecular flexibility index (Phi) is 5.33. The lowest BCUT2D eigenvalue weighted by Crippen LogP contribution is -2.48. The number of benzene rings is 1. The smallest absolute Gasteiger partial charge is 0.406 e. The van der Waals surface area contributed by atoms with Gasteiger partial charge in [-0.1, -0.05) is 0 Å². The van der Waals surface area contributed by atoms with E-state index in [2.05, 4.69) is 20.0 Å². The van der Waals surface area contributed by atoms with Crippen LogP contribution in [0.15, 0.2) is 36.7 Å². The van der Waals surface area contributed by atoms with E-state index < -0.39 is 6.36 Å². The summed E-state index contributed by atoms with van der Waals surface area (Å²) in [6.45, 7) is 4.14. The van der Waals surface area contributed by atoms with Crippen molar-refractivity contribution in [3.8, 4) is 5.75 Å². The van der Waals surface area contributed by atoms with E-state index in [1.807, 2.05) is 4.90 Å². The first-order valence-electron chi connectivity index (χ1n) is 8.25. The largest absolute Gasteiger partial charge is 0.573 e. The van der Waals surface area contributed by atoms with Crippen molar-refractivity contribution in [2.75, 3.05) is 36.4 Å². The van der Waals surface area contributed by atoms with Gasteiger partial charge in [-0.05, 0) is 24.3 Å². The van der Waals surface area contributed by atoms with E-state index in [1.165, 1.54) is 30.6 Å². The summed E-state index contributed by atoms with van der Waals surface area (Å²) in [5, 5.41) is 3.02. The molecule has 27 heavy (non-hydrogen) atoms. The van der Waals surface area contributed by atoms with Crippen LogP contribution < -0.4 is 15.0 Å². The summed E-state index contributed by atoms with van der Waals surface area (Å²) in [5.41, 5.74) is 0.565. The van der Waals surface area contributed by atoms with Crippen molar-refractivity contribution in [3.63, 3.8) is 0 Å². The second-order valence-electron chi connectivity index (χ2n) is 5.95. The molecule has 0 atom stereocenters. The average molecular weight is 381 g/mol. The maximum absolute atomic E-state index is 12.2. The number of aromatic nitrogens is 2. The number of halogens is 3. The summed E-state index contributed by atoms with van der Waals surface area (Å²) in [7, 11) is 0. The lowest BCUT2D eigenvalue weighted by molar-refractivity contribution is -0.274. The molecule has 0 bridgehead atoms. The van der Waals surface area contributed by atoms with E-state index in [1.54, 1.807) is 17.9 Å². The number of piperazine rings is 1. The van der Waals surface area contributed by atoms with Crippen LogP contribution in [0.4, 0.5) is 30.5 Å². The summed E-state index contributed by atoms with van der Waals surface area (Å²) in [5.74, 6) is 0.989. The third-order valence-corrected chi connectivity index (χ3v) is 4.06. The van der Waals surface area contributed by atoms with Crippen LogP contribution in [0.5, 0.6) is 5.75 Å². The number of hydrogen-bond acceptors (Lipinski definition) is 6. The Morgan fingerprint density at radius 2 is 1.78 bits per heavy atom. The van der Waals surface area contributed by atoms with Crippen molar-refractivity contribution in [3.05, 3.63) is 36.7 Å².